The van der Waals surface area contributed by atoms with Crippen LogP contribution in [0.25, 0.3) is 0 Å². The Balaban J connectivity index is 2.16. The topological polar surface area (TPSA) is 68.0 Å². The number of anilines is 1. The van der Waals surface area contributed by atoms with E-state index in [2.05, 4.69) is 26.2 Å². The predicted molar refractivity (Wildman–Crippen MR) is 90.5 cm³/mol. The van der Waals surface area contributed by atoms with E-state index >= 15 is 0 Å². The number of hydrogen-bond acceptors (Lipinski definition) is 4. The Morgan fingerprint density at radius 3 is 2.71 bits per heavy atom. The summed E-state index contributed by atoms with van der Waals surface area (Å²) >= 11 is 5.05. The van der Waals surface area contributed by atoms with Crippen LogP contribution in [0.4, 0.5) is 5.82 Å². The van der Waals surface area contributed by atoms with Crippen LogP contribution in [-0.2, 0) is 12.0 Å². The molecule has 2 aromatic rings. The average molecular weight is 368 g/mol. The third-order valence-electron chi connectivity index (χ3n) is 2.98. The quantitative estimate of drug-likeness (QED) is 0.868. The first-order valence-corrected chi connectivity index (χ1v) is 8.23. The van der Waals surface area contributed by atoms with Crippen LogP contribution in [0, 0.1) is 0 Å². The number of hydrogen-bond donors (Lipinski definition) is 2. The number of carbonyl (C=O) groups is 1. The van der Waals surface area contributed by atoms with E-state index in [1.165, 1.54) is 0 Å². The van der Waals surface area contributed by atoms with E-state index in [4.69, 9.17) is 5.73 Å². The second kappa shape index (κ2) is 6.15. The maximum absolute atomic E-state index is 12.3. The molecular weight excluding hydrogens is 350 g/mol. The van der Waals surface area contributed by atoms with Crippen LogP contribution in [0.1, 0.15) is 41.7 Å². The molecular formula is C15H18BrN3OS. The van der Waals surface area contributed by atoms with E-state index < -0.39 is 0 Å². The Bertz CT molecular complexity index is 661. The normalized spacial score (nSPS) is 11.4. The highest BCUT2D eigenvalue weighted by atomic mass is 79.9. The summed E-state index contributed by atoms with van der Waals surface area (Å²) in [6, 6.07) is 5.37. The Hall–Kier alpha value is -1.40. The fourth-order valence-electron chi connectivity index (χ4n) is 1.78. The van der Waals surface area contributed by atoms with Crippen LogP contribution in [0.3, 0.4) is 0 Å². The molecule has 2 aromatic heterocycles. The SMILES string of the molecule is CC(C)(C)c1cc(C(=O)NCc2sccc2Br)cc(N)n1. The van der Waals surface area contributed by atoms with Crippen molar-refractivity contribution in [3.8, 4) is 0 Å². The lowest BCUT2D eigenvalue weighted by molar-refractivity contribution is 0.0951. The Morgan fingerprint density at radius 1 is 1.43 bits per heavy atom. The van der Waals surface area contributed by atoms with Crippen molar-refractivity contribution in [1.82, 2.24) is 10.3 Å². The van der Waals surface area contributed by atoms with Gasteiger partial charge in [0.1, 0.15) is 5.82 Å². The lowest BCUT2D eigenvalue weighted by Crippen LogP contribution is -2.24. The van der Waals surface area contributed by atoms with Crippen LogP contribution in [0.2, 0.25) is 0 Å². The molecule has 0 saturated heterocycles. The minimum absolute atomic E-state index is 0.144. The number of nitrogens with zero attached hydrogens (tertiary/aromatic N) is 1. The first-order valence-electron chi connectivity index (χ1n) is 6.55. The highest BCUT2D eigenvalue weighted by molar-refractivity contribution is 9.10. The van der Waals surface area contributed by atoms with E-state index in [9.17, 15) is 4.79 Å². The van der Waals surface area contributed by atoms with Crippen molar-refractivity contribution in [3.05, 3.63) is 44.2 Å². The van der Waals surface area contributed by atoms with Crippen LogP contribution in [0.15, 0.2) is 28.1 Å². The summed E-state index contributed by atoms with van der Waals surface area (Å²) < 4.78 is 1.01. The van der Waals surface area contributed by atoms with Crippen LogP contribution in [0.5, 0.6) is 0 Å². The lowest BCUT2D eigenvalue weighted by atomic mass is 9.90. The number of nitrogens with one attached hydrogen (secondary N) is 1. The van der Waals surface area contributed by atoms with Crippen molar-refractivity contribution in [3.63, 3.8) is 0 Å². The molecule has 21 heavy (non-hydrogen) atoms. The molecule has 6 heteroatoms. The summed E-state index contributed by atoms with van der Waals surface area (Å²) in [5, 5.41) is 4.89. The smallest absolute Gasteiger partial charge is 0.251 e. The largest absolute Gasteiger partial charge is 0.384 e. The first-order chi connectivity index (χ1) is 9.77. The molecule has 0 aromatic carbocycles. The summed E-state index contributed by atoms with van der Waals surface area (Å²) in [7, 11) is 0. The maximum atomic E-state index is 12.3. The standard InChI is InChI=1S/C15H18BrN3OS/c1-15(2,3)12-6-9(7-13(17)19-12)14(20)18-8-11-10(16)4-5-21-11/h4-7H,8H2,1-3H3,(H2,17,19)(H,18,20). The molecule has 4 nitrogen and oxygen atoms in total. The third kappa shape index (κ3) is 4.04. The molecule has 0 radical (unpaired) electrons. The zero-order valence-corrected chi connectivity index (χ0v) is 14.6. The van der Waals surface area contributed by atoms with Crippen molar-refractivity contribution in [2.75, 3.05) is 5.73 Å². The molecule has 0 aliphatic carbocycles. The number of rotatable bonds is 3. The van der Waals surface area contributed by atoms with Crippen molar-refractivity contribution < 1.29 is 4.79 Å². The third-order valence-corrected chi connectivity index (χ3v) is 4.90. The van der Waals surface area contributed by atoms with Gasteiger partial charge in [0.05, 0.1) is 6.54 Å². The van der Waals surface area contributed by atoms with Crippen molar-refractivity contribution in [1.29, 1.82) is 0 Å². The van der Waals surface area contributed by atoms with Gasteiger partial charge in [-0.2, -0.15) is 0 Å². The number of nitrogens with two attached hydrogens (primary N) is 1. The Morgan fingerprint density at radius 2 is 2.14 bits per heavy atom. The van der Waals surface area contributed by atoms with Gasteiger partial charge in [0.2, 0.25) is 0 Å². The number of amides is 1. The molecule has 0 saturated carbocycles. The van der Waals surface area contributed by atoms with Crippen LogP contribution < -0.4 is 11.1 Å². The zero-order valence-electron chi connectivity index (χ0n) is 12.2. The van der Waals surface area contributed by atoms with Gasteiger partial charge in [0, 0.05) is 26.0 Å². The molecule has 2 heterocycles. The number of aromatic nitrogens is 1. The van der Waals surface area contributed by atoms with Gasteiger partial charge in [-0.25, -0.2) is 4.98 Å². The van der Waals surface area contributed by atoms with Gasteiger partial charge in [0.25, 0.3) is 5.91 Å². The van der Waals surface area contributed by atoms with Gasteiger partial charge in [-0.1, -0.05) is 20.8 Å². The van der Waals surface area contributed by atoms with Gasteiger partial charge in [-0.3, -0.25) is 4.79 Å². The Kier molecular flexibility index (Phi) is 4.68. The van der Waals surface area contributed by atoms with E-state index in [-0.39, 0.29) is 11.3 Å². The number of halogens is 1. The van der Waals surface area contributed by atoms with Crippen molar-refractivity contribution in [2.24, 2.45) is 0 Å². The molecule has 0 fully saturated rings. The van der Waals surface area contributed by atoms with Gasteiger partial charge in [-0.15, -0.1) is 11.3 Å². The Labute approximate surface area is 136 Å². The summed E-state index contributed by atoms with van der Waals surface area (Å²) in [6.07, 6.45) is 0. The number of carbonyl (C=O) groups excluding carboxylic acids is 1. The van der Waals surface area contributed by atoms with E-state index in [0.717, 1.165) is 15.0 Å². The minimum Gasteiger partial charge on any atom is -0.384 e. The van der Waals surface area contributed by atoms with Gasteiger partial charge < -0.3 is 11.1 Å². The van der Waals surface area contributed by atoms with E-state index in [1.54, 1.807) is 23.5 Å². The number of nitrogen functional groups attached to an aromatic ring is 1. The molecule has 0 unspecified atom stereocenters. The molecule has 3 N–H and O–H groups in total. The lowest BCUT2D eigenvalue weighted by Gasteiger charge is -2.19. The highest BCUT2D eigenvalue weighted by Crippen LogP contribution is 2.24. The average Bonchev–Trinajstić information content (AvgIpc) is 2.79. The van der Waals surface area contributed by atoms with Crippen LogP contribution in [-0.4, -0.2) is 10.9 Å². The van der Waals surface area contributed by atoms with Crippen molar-refractivity contribution >= 4 is 39.0 Å². The minimum atomic E-state index is -0.152. The molecule has 0 atom stereocenters. The molecule has 112 valence electrons. The molecule has 1 amide bonds. The van der Waals surface area contributed by atoms with E-state index in [0.29, 0.717) is 17.9 Å². The van der Waals surface area contributed by atoms with Gasteiger partial charge in [0.15, 0.2) is 0 Å². The second-order valence-electron chi connectivity index (χ2n) is 5.79. The van der Waals surface area contributed by atoms with Gasteiger partial charge >= 0.3 is 0 Å². The molecule has 2 rings (SSSR count). The fourth-order valence-corrected chi connectivity index (χ4v) is 3.21. The van der Waals surface area contributed by atoms with Crippen molar-refractivity contribution in [2.45, 2.75) is 32.7 Å². The maximum Gasteiger partial charge on any atom is 0.251 e. The second-order valence-corrected chi connectivity index (χ2v) is 7.65. The van der Waals surface area contributed by atoms with Crippen LogP contribution >= 0.6 is 27.3 Å². The molecule has 0 aliphatic rings. The molecule has 0 bridgehead atoms. The fraction of sp³-hybridized carbons (Fsp3) is 0.333. The van der Waals surface area contributed by atoms with Gasteiger partial charge in [-0.05, 0) is 39.5 Å². The highest BCUT2D eigenvalue weighted by Gasteiger charge is 2.18. The number of thiophene rings is 1. The first kappa shape index (κ1) is 16.0. The molecule has 0 spiro atoms. The summed E-state index contributed by atoms with van der Waals surface area (Å²) in [5.41, 5.74) is 7.01. The summed E-state index contributed by atoms with van der Waals surface area (Å²) in [4.78, 5) is 17.7. The number of pyridine rings is 1. The zero-order chi connectivity index (χ0) is 15.6. The summed E-state index contributed by atoms with van der Waals surface area (Å²) in [5.74, 6) is 0.222. The summed E-state index contributed by atoms with van der Waals surface area (Å²) in [6.45, 7) is 6.61. The monoisotopic (exact) mass is 367 g/mol. The predicted octanol–water partition coefficient (Wildman–Crippen LogP) is 3.72. The molecule has 0 aliphatic heterocycles. The van der Waals surface area contributed by atoms with E-state index in [1.807, 2.05) is 32.2 Å².